The molecule has 0 amide bonds. The number of aromatic nitrogens is 4. The largest absolute Gasteiger partial charge is 0.378 e. The van der Waals surface area contributed by atoms with Gasteiger partial charge >= 0.3 is 0 Å². The quantitative estimate of drug-likeness (QED) is 0.755. The Bertz CT molecular complexity index is 684. The zero-order valence-corrected chi connectivity index (χ0v) is 12.1. The van der Waals surface area contributed by atoms with Crippen LogP contribution in [0, 0.1) is 0 Å². The van der Waals surface area contributed by atoms with Crippen molar-refractivity contribution in [3.05, 3.63) is 61.2 Å². The fraction of sp³-hybridized carbons (Fsp3) is 0.250. The van der Waals surface area contributed by atoms with Crippen LogP contribution in [0.2, 0.25) is 0 Å². The molecule has 0 aliphatic heterocycles. The van der Waals surface area contributed by atoms with Crippen molar-refractivity contribution in [2.75, 3.05) is 5.32 Å². The Labute approximate surface area is 124 Å². The van der Waals surface area contributed by atoms with Gasteiger partial charge in [-0.15, -0.1) is 0 Å². The van der Waals surface area contributed by atoms with Gasteiger partial charge in [0.15, 0.2) is 0 Å². The van der Waals surface area contributed by atoms with E-state index in [1.807, 2.05) is 41.7 Å². The highest BCUT2D eigenvalue weighted by Gasteiger charge is 2.05. The minimum atomic E-state index is 0.756. The molecule has 0 saturated carbocycles. The number of hydrogen-bond acceptors (Lipinski definition) is 3. The molecule has 21 heavy (non-hydrogen) atoms. The van der Waals surface area contributed by atoms with Gasteiger partial charge in [0.1, 0.15) is 0 Å². The molecule has 5 heteroatoms. The molecule has 5 nitrogen and oxygen atoms in total. The Kier molecular flexibility index (Phi) is 4.00. The van der Waals surface area contributed by atoms with Crippen LogP contribution in [-0.2, 0) is 13.1 Å². The van der Waals surface area contributed by atoms with Crippen molar-refractivity contribution in [2.24, 2.45) is 0 Å². The van der Waals surface area contributed by atoms with E-state index in [0.717, 1.165) is 30.9 Å². The van der Waals surface area contributed by atoms with E-state index in [-0.39, 0.29) is 0 Å². The first-order valence-corrected chi connectivity index (χ1v) is 7.18. The zero-order chi connectivity index (χ0) is 14.5. The maximum atomic E-state index is 4.23. The molecule has 0 unspecified atom stereocenters. The fourth-order valence-corrected chi connectivity index (χ4v) is 2.37. The number of anilines is 1. The number of benzene rings is 1. The number of aryl methyl sites for hydroxylation is 1. The summed E-state index contributed by atoms with van der Waals surface area (Å²) >= 11 is 0. The van der Waals surface area contributed by atoms with Gasteiger partial charge in [-0.2, -0.15) is 0 Å². The van der Waals surface area contributed by atoms with Crippen molar-refractivity contribution in [3.63, 3.8) is 0 Å². The van der Waals surface area contributed by atoms with Gasteiger partial charge in [0.05, 0.1) is 36.3 Å². The van der Waals surface area contributed by atoms with Gasteiger partial charge in [-0.3, -0.25) is 0 Å². The SMILES string of the molecule is CCCn1cncc1CNc1ccccc1-n1ccnc1. The molecule has 0 spiro atoms. The Morgan fingerprint density at radius 1 is 1.14 bits per heavy atom. The number of rotatable bonds is 6. The zero-order valence-electron chi connectivity index (χ0n) is 12.1. The first-order chi connectivity index (χ1) is 10.4. The highest BCUT2D eigenvalue weighted by Crippen LogP contribution is 2.20. The van der Waals surface area contributed by atoms with Gasteiger partial charge in [0.25, 0.3) is 0 Å². The minimum Gasteiger partial charge on any atom is -0.378 e. The average molecular weight is 281 g/mol. The monoisotopic (exact) mass is 281 g/mol. The molecule has 3 aromatic rings. The standard InChI is InChI=1S/C16H19N5/c1-2-8-20-13-18-10-14(20)11-19-15-5-3-4-6-16(15)21-9-7-17-12-21/h3-7,9-10,12-13,19H,2,8,11H2,1H3. The molecule has 2 aromatic heterocycles. The molecule has 2 heterocycles. The summed E-state index contributed by atoms with van der Waals surface area (Å²) in [5, 5.41) is 3.49. The summed E-state index contributed by atoms with van der Waals surface area (Å²) in [6, 6.07) is 8.22. The van der Waals surface area contributed by atoms with Gasteiger partial charge in [0.2, 0.25) is 0 Å². The molecule has 108 valence electrons. The van der Waals surface area contributed by atoms with Crippen LogP contribution in [0.15, 0.2) is 55.5 Å². The lowest BCUT2D eigenvalue weighted by atomic mass is 10.2. The summed E-state index contributed by atoms with van der Waals surface area (Å²) in [7, 11) is 0. The number of imidazole rings is 2. The number of hydrogen-bond donors (Lipinski definition) is 1. The predicted octanol–water partition coefficient (Wildman–Crippen LogP) is 3.09. The molecule has 0 bridgehead atoms. The number of nitrogens with one attached hydrogen (secondary N) is 1. The van der Waals surface area contributed by atoms with Crippen LogP contribution in [0.5, 0.6) is 0 Å². The van der Waals surface area contributed by atoms with Gasteiger partial charge in [-0.1, -0.05) is 19.1 Å². The van der Waals surface area contributed by atoms with Crippen LogP contribution in [0.1, 0.15) is 19.0 Å². The second kappa shape index (κ2) is 6.26. The second-order valence-electron chi connectivity index (χ2n) is 4.92. The van der Waals surface area contributed by atoms with Crippen molar-refractivity contribution >= 4 is 5.69 Å². The Hall–Kier alpha value is -2.56. The molecule has 1 aromatic carbocycles. The van der Waals surface area contributed by atoms with Gasteiger partial charge in [-0.05, 0) is 18.6 Å². The van der Waals surface area contributed by atoms with E-state index in [9.17, 15) is 0 Å². The third-order valence-corrected chi connectivity index (χ3v) is 3.41. The fourth-order valence-electron chi connectivity index (χ4n) is 2.37. The Balaban J connectivity index is 1.78. The molecule has 0 fully saturated rings. The highest BCUT2D eigenvalue weighted by molar-refractivity contribution is 5.60. The van der Waals surface area contributed by atoms with E-state index in [1.165, 1.54) is 5.69 Å². The summed E-state index contributed by atoms with van der Waals surface area (Å²) in [5.74, 6) is 0. The maximum Gasteiger partial charge on any atom is 0.0992 e. The third-order valence-electron chi connectivity index (χ3n) is 3.41. The Morgan fingerprint density at radius 2 is 2.05 bits per heavy atom. The van der Waals surface area contributed by atoms with Crippen molar-refractivity contribution in [2.45, 2.75) is 26.4 Å². The van der Waals surface area contributed by atoms with E-state index in [0.29, 0.717) is 0 Å². The molecule has 0 aliphatic carbocycles. The lowest BCUT2D eigenvalue weighted by Crippen LogP contribution is -2.08. The summed E-state index contributed by atoms with van der Waals surface area (Å²) in [6.45, 7) is 3.93. The minimum absolute atomic E-state index is 0.756. The van der Waals surface area contributed by atoms with Crippen molar-refractivity contribution in [1.29, 1.82) is 0 Å². The topological polar surface area (TPSA) is 47.7 Å². The van der Waals surface area contributed by atoms with E-state index in [4.69, 9.17) is 0 Å². The molecule has 0 atom stereocenters. The smallest absolute Gasteiger partial charge is 0.0992 e. The van der Waals surface area contributed by atoms with Crippen LogP contribution >= 0.6 is 0 Å². The Morgan fingerprint density at radius 3 is 2.86 bits per heavy atom. The molecule has 3 rings (SSSR count). The summed E-state index contributed by atoms with van der Waals surface area (Å²) in [4.78, 5) is 8.34. The molecule has 1 N–H and O–H groups in total. The van der Waals surface area contributed by atoms with Crippen LogP contribution < -0.4 is 5.32 Å². The van der Waals surface area contributed by atoms with Crippen molar-refractivity contribution in [1.82, 2.24) is 19.1 Å². The normalized spacial score (nSPS) is 10.7. The van der Waals surface area contributed by atoms with E-state index >= 15 is 0 Å². The molecule has 0 aliphatic rings. The molecule has 0 saturated heterocycles. The summed E-state index contributed by atoms with van der Waals surface area (Å²) < 4.78 is 4.19. The average Bonchev–Trinajstić information content (AvgIpc) is 3.17. The van der Waals surface area contributed by atoms with Gasteiger partial charge in [-0.25, -0.2) is 9.97 Å². The molecular weight excluding hydrogens is 262 g/mol. The predicted molar refractivity (Wildman–Crippen MR) is 83.4 cm³/mol. The van der Waals surface area contributed by atoms with E-state index < -0.39 is 0 Å². The number of para-hydroxylation sites is 2. The van der Waals surface area contributed by atoms with Crippen molar-refractivity contribution < 1.29 is 0 Å². The second-order valence-corrected chi connectivity index (χ2v) is 4.92. The van der Waals surface area contributed by atoms with Crippen LogP contribution in [0.25, 0.3) is 5.69 Å². The third kappa shape index (κ3) is 2.97. The van der Waals surface area contributed by atoms with Crippen molar-refractivity contribution in [3.8, 4) is 5.69 Å². The molecular formula is C16H19N5. The van der Waals surface area contributed by atoms with E-state index in [2.05, 4.69) is 38.9 Å². The first-order valence-electron chi connectivity index (χ1n) is 7.18. The highest BCUT2D eigenvalue weighted by atomic mass is 15.1. The number of nitrogens with zero attached hydrogens (tertiary/aromatic N) is 4. The summed E-state index contributed by atoms with van der Waals surface area (Å²) in [5.41, 5.74) is 3.37. The van der Waals surface area contributed by atoms with Crippen LogP contribution in [0.4, 0.5) is 5.69 Å². The lowest BCUT2D eigenvalue weighted by molar-refractivity contribution is 0.651. The van der Waals surface area contributed by atoms with Gasteiger partial charge in [0, 0.05) is 25.1 Å². The lowest BCUT2D eigenvalue weighted by Gasteiger charge is -2.13. The van der Waals surface area contributed by atoms with E-state index in [1.54, 1.807) is 6.20 Å². The maximum absolute atomic E-state index is 4.23. The summed E-state index contributed by atoms with van der Waals surface area (Å²) in [6.07, 6.45) is 10.5. The van der Waals surface area contributed by atoms with Crippen LogP contribution in [-0.4, -0.2) is 19.1 Å². The molecule has 0 radical (unpaired) electrons. The van der Waals surface area contributed by atoms with Gasteiger partial charge < -0.3 is 14.5 Å². The van der Waals surface area contributed by atoms with Crippen LogP contribution in [0.3, 0.4) is 0 Å². The first kappa shape index (κ1) is 13.4.